The van der Waals surface area contributed by atoms with Crippen LogP contribution in [0.15, 0.2) is 77.3 Å². The second kappa shape index (κ2) is 16.4. The monoisotopic (exact) mass is 597 g/mol. The van der Waals surface area contributed by atoms with E-state index in [-0.39, 0.29) is 12.2 Å². The number of hydrogen-bond donors (Lipinski definition) is 2. The molecule has 1 saturated heterocycles. The van der Waals surface area contributed by atoms with Crippen molar-refractivity contribution in [1.82, 2.24) is 20.4 Å². The highest BCUT2D eigenvalue weighted by Crippen LogP contribution is 2.30. The first-order valence-electron chi connectivity index (χ1n) is 14.8. The second-order valence-corrected chi connectivity index (χ2v) is 11.7. The number of fused-ring (bicyclic) bond motifs is 1. The van der Waals surface area contributed by atoms with Crippen LogP contribution in [0.5, 0.6) is 0 Å². The molecule has 0 aromatic heterocycles. The van der Waals surface area contributed by atoms with Crippen molar-refractivity contribution < 1.29 is 4.74 Å². The average molecular weight is 599 g/mol. The highest BCUT2D eigenvalue weighted by molar-refractivity contribution is 6.30. The molecule has 2 aromatic carbocycles. The lowest BCUT2D eigenvalue weighted by Crippen LogP contribution is -2.61. The SMILES string of the molecule is CCN(CCCN(C)CC1NC(=NCCCOC)C2=CC=CCCC2N1)C(c1ccc(Cl)cc1)c1ccc(Cl)cc1. The normalized spacial score (nSPS) is 19.9. The summed E-state index contributed by atoms with van der Waals surface area (Å²) < 4.78 is 5.22. The summed E-state index contributed by atoms with van der Waals surface area (Å²) >= 11 is 12.4. The number of aliphatic imine (C=N–C) groups is 1. The molecule has 0 bridgehead atoms. The lowest BCUT2D eigenvalue weighted by molar-refractivity contribution is 0.197. The van der Waals surface area contributed by atoms with Gasteiger partial charge in [-0.05, 0) is 81.2 Å². The Bertz CT molecular complexity index is 1120. The van der Waals surface area contributed by atoms with Gasteiger partial charge in [0.1, 0.15) is 5.84 Å². The van der Waals surface area contributed by atoms with E-state index < -0.39 is 0 Å². The number of rotatable bonds is 14. The van der Waals surface area contributed by atoms with Gasteiger partial charge in [-0.3, -0.25) is 15.2 Å². The van der Waals surface area contributed by atoms with E-state index >= 15 is 0 Å². The van der Waals surface area contributed by atoms with E-state index in [1.807, 2.05) is 24.3 Å². The first-order valence-corrected chi connectivity index (χ1v) is 15.6. The highest BCUT2D eigenvalue weighted by atomic mass is 35.5. The minimum Gasteiger partial charge on any atom is -0.385 e. The van der Waals surface area contributed by atoms with Crippen LogP contribution in [0.4, 0.5) is 0 Å². The molecular weight excluding hydrogens is 553 g/mol. The molecule has 0 radical (unpaired) electrons. The Morgan fingerprint density at radius 3 is 2.32 bits per heavy atom. The lowest BCUT2D eigenvalue weighted by atomic mass is 9.96. The molecule has 0 saturated carbocycles. The van der Waals surface area contributed by atoms with Gasteiger partial charge < -0.3 is 15.0 Å². The summed E-state index contributed by atoms with van der Waals surface area (Å²) in [7, 11) is 3.95. The van der Waals surface area contributed by atoms with E-state index in [2.05, 4.69) is 76.9 Å². The number of likely N-dealkylation sites (N-methyl/N-ethyl adjacent to an activating group) is 1. The quantitative estimate of drug-likeness (QED) is 0.249. The number of halogens is 2. The van der Waals surface area contributed by atoms with E-state index in [9.17, 15) is 0 Å². The maximum atomic E-state index is 6.22. The van der Waals surface area contributed by atoms with Gasteiger partial charge in [-0.2, -0.15) is 0 Å². The van der Waals surface area contributed by atoms with Gasteiger partial charge in [0, 0.05) is 55.0 Å². The molecule has 2 aromatic rings. The number of nitrogens with one attached hydrogen (secondary N) is 2. The fraction of sp³-hybridized carbons (Fsp3) is 0.485. The summed E-state index contributed by atoms with van der Waals surface area (Å²) in [5.41, 5.74) is 3.74. The van der Waals surface area contributed by atoms with Crippen LogP contribution in [0.2, 0.25) is 10.0 Å². The molecule has 6 nitrogen and oxygen atoms in total. The van der Waals surface area contributed by atoms with E-state index in [0.717, 1.165) is 80.9 Å². The summed E-state index contributed by atoms with van der Waals surface area (Å²) in [5, 5.41) is 9.04. The molecule has 2 atom stereocenters. The Hall–Kier alpha value is -2.19. The largest absolute Gasteiger partial charge is 0.385 e. The predicted octanol–water partition coefficient (Wildman–Crippen LogP) is 6.33. The molecule has 0 amide bonds. The zero-order valence-corrected chi connectivity index (χ0v) is 26.2. The van der Waals surface area contributed by atoms with E-state index in [4.69, 9.17) is 32.9 Å². The van der Waals surface area contributed by atoms with Gasteiger partial charge >= 0.3 is 0 Å². The lowest BCUT2D eigenvalue weighted by Gasteiger charge is -2.37. The van der Waals surface area contributed by atoms with Crippen LogP contribution in [0.1, 0.15) is 49.8 Å². The maximum Gasteiger partial charge on any atom is 0.126 e. The Morgan fingerprint density at radius 2 is 1.68 bits per heavy atom. The molecule has 1 fully saturated rings. The van der Waals surface area contributed by atoms with Crippen molar-refractivity contribution in [2.24, 2.45) is 4.99 Å². The predicted molar refractivity (Wildman–Crippen MR) is 173 cm³/mol. The average Bonchev–Trinajstić information content (AvgIpc) is 3.22. The molecule has 41 heavy (non-hydrogen) atoms. The number of nitrogens with zero attached hydrogens (tertiary/aromatic N) is 3. The highest BCUT2D eigenvalue weighted by Gasteiger charge is 2.30. The van der Waals surface area contributed by atoms with Crippen molar-refractivity contribution in [3.63, 3.8) is 0 Å². The summed E-state index contributed by atoms with van der Waals surface area (Å²) in [5.74, 6) is 1.03. The first kappa shape index (κ1) is 31.7. The van der Waals surface area contributed by atoms with Gasteiger partial charge in [0.25, 0.3) is 0 Å². The van der Waals surface area contributed by atoms with Gasteiger partial charge in [-0.25, -0.2) is 0 Å². The Balaban J connectivity index is 1.37. The van der Waals surface area contributed by atoms with Crippen molar-refractivity contribution >= 4 is 29.0 Å². The number of methoxy groups -OCH3 is 1. The van der Waals surface area contributed by atoms with Crippen molar-refractivity contribution in [2.45, 2.75) is 50.9 Å². The number of amidine groups is 1. The molecule has 1 aliphatic heterocycles. The molecule has 8 heteroatoms. The molecule has 1 aliphatic carbocycles. The third-order valence-electron chi connectivity index (χ3n) is 7.79. The third kappa shape index (κ3) is 9.40. The smallest absolute Gasteiger partial charge is 0.126 e. The van der Waals surface area contributed by atoms with Crippen molar-refractivity contribution in [3.8, 4) is 0 Å². The van der Waals surface area contributed by atoms with Crippen LogP contribution < -0.4 is 10.6 Å². The summed E-state index contributed by atoms with van der Waals surface area (Å²) in [4.78, 5) is 9.89. The van der Waals surface area contributed by atoms with Crippen molar-refractivity contribution in [2.75, 3.05) is 53.5 Å². The molecule has 0 spiro atoms. The zero-order chi connectivity index (χ0) is 29.0. The van der Waals surface area contributed by atoms with Crippen LogP contribution in [0.25, 0.3) is 0 Å². The molecule has 2 aliphatic rings. The standard InChI is InChI=1S/C33H45Cl2N5O/c1-4-40(32(25-12-16-27(34)17-13-25)26-14-18-28(35)19-15-26)22-9-21-39(2)24-31-37-30-11-7-5-6-10-29(30)33(38-31)36-20-8-23-41-3/h5-6,10,12-19,30-32,37H,4,7-9,11,20-24H2,1-3H3,(H,36,38). The zero-order valence-electron chi connectivity index (χ0n) is 24.7. The van der Waals surface area contributed by atoms with Crippen LogP contribution in [-0.2, 0) is 4.74 Å². The van der Waals surface area contributed by atoms with Crippen LogP contribution in [0.3, 0.4) is 0 Å². The number of ether oxygens (including phenoxy) is 1. The van der Waals surface area contributed by atoms with Crippen LogP contribution in [-0.4, -0.2) is 81.3 Å². The molecule has 222 valence electrons. The number of hydrogen-bond acceptors (Lipinski definition) is 5. The van der Waals surface area contributed by atoms with Gasteiger partial charge in [-0.1, -0.05) is 72.6 Å². The molecule has 4 rings (SSSR count). The third-order valence-corrected chi connectivity index (χ3v) is 8.30. The van der Waals surface area contributed by atoms with Crippen LogP contribution in [0, 0.1) is 0 Å². The van der Waals surface area contributed by atoms with Gasteiger partial charge in [-0.15, -0.1) is 0 Å². The van der Waals surface area contributed by atoms with Crippen LogP contribution >= 0.6 is 23.2 Å². The minimum atomic E-state index is 0.146. The fourth-order valence-electron chi connectivity index (χ4n) is 5.71. The summed E-state index contributed by atoms with van der Waals surface area (Å²) in [6, 6.07) is 16.9. The van der Waals surface area contributed by atoms with Crippen molar-refractivity contribution in [3.05, 3.63) is 93.5 Å². The molecular formula is C33H45Cl2N5O. The Kier molecular flexibility index (Phi) is 12.7. The van der Waals surface area contributed by atoms with E-state index in [1.54, 1.807) is 7.11 Å². The van der Waals surface area contributed by atoms with Gasteiger partial charge in [0.05, 0.1) is 12.2 Å². The summed E-state index contributed by atoms with van der Waals surface area (Å²) in [6.45, 7) is 7.56. The maximum absolute atomic E-state index is 6.22. The van der Waals surface area contributed by atoms with Crippen molar-refractivity contribution in [1.29, 1.82) is 0 Å². The summed E-state index contributed by atoms with van der Waals surface area (Å²) in [6.07, 6.45) is 10.9. The van der Waals surface area contributed by atoms with Gasteiger partial charge in [0.15, 0.2) is 0 Å². The molecule has 2 N–H and O–H groups in total. The fourth-order valence-corrected chi connectivity index (χ4v) is 5.96. The molecule has 1 heterocycles. The number of allylic oxidation sites excluding steroid dienone is 3. The topological polar surface area (TPSA) is 52.1 Å². The minimum absolute atomic E-state index is 0.146. The second-order valence-electron chi connectivity index (χ2n) is 10.9. The first-order chi connectivity index (χ1) is 20.0. The van der Waals surface area contributed by atoms with E-state index in [1.165, 1.54) is 16.7 Å². The Labute approximate surface area is 256 Å². The van der Waals surface area contributed by atoms with Gasteiger partial charge in [0.2, 0.25) is 0 Å². The number of benzene rings is 2. The Morgan fingerprint density at radius 1 is 1.00 bits per heavy atom. The molecule has 2 unspecified atom stereocenters. The van der Waals surface area contributed by atoms with E-state index in [0.29, 0.717) is 6.04 Å².